The molecule has 1 amide bonds. The van der Waals surface area contributed by atoms with Gasteiger partial charge in [-0.15, -0.1) is 0 Å². The van der Waals surface area contributed by atoms with Crippen LogP contribution in [0.15, 0.2) is 24.3 Å². The van der Waals surface area contributed by atoms with E-state index in [0.29, 0.717) is 6.42 Å². The SMILES string of the molecule is CCCC(=O)NC(C)CCc1ccc(O)cc1. The Morgan fingerprint density at radius 2 is 2.00 bits per heavy atom. The maximum Gasteiger partial charge on any atom is 0.220 e. The minimum atomic E-state index is 0.130. The Labute approximate surface area is 103 Å². The van der Waals surface area contributed by atoms with E-state index in [-0.39, 0.29) is 17.7 Å². The predicted molar refractivity (Wildman–Crippen MR) is 68.9 cm³/mol. The summed E-state index contributed by atoms with van der Waals surface area (Å²) in [6, 6.07) is 7.40. The molecule has 0 aromatic heterocycles. The molecule has 1 unspecified atom stereocenters. The van der Waals surface area contributed by atoms with Crippen molar-refractivity contribution in [1.29, 1.82) is 0 Å². The first kappa shape index (κ1) is 13.6. The van der Waals surface area contributed by atoms with Gasteiger partial charge in [-0.05, 0) is 43.9 Å². The summed E-state index contributed by atoms with van der Waals surface area (Å²) in [7, 11) is 0. The lowest BCUT2D eigenvalue weighted by atomic mass is 10.1. The first-order chi connectivity index (χ1) is 8.11. The van der Waals surface area contributed by atoms with E-state index in [2.05, 4.69) is 5.32 Å². The van der Waals surface area contributed by atoms with Gasteiger partial charge in [-0.1, -0.05) is 19.1 Å². The number of aryl methyl sites for hydroxylation is 1. The number of benzene rings is 1. The van der Waals surface area contributed by atoms with E-state index in [1.54, 1.807) is 12.1 Å². The van der Waals surface area contributed by atoms with Crippen LogP contribution < -0.4 is 5.32 Å². The Kier molecular flexibility index (Phi) is 5.53. The van der Waals surface area contributed by atoms with E-state index >= 15 is 0 Å². The molecule has 2 N–H and O–H groups in total. The smallest absolute Gasteiger partial charge is 0.220 e. The average molecular weight is 235 g/mol. The molecule has 0 spiro atoms. The van der Waals surface area contributed by atoms with Gasteiger partial charge in [0.2, 0.25) is 5.91 Å². The molecule has 1 aromatic rings. The number of hydrogen-bond acceptors (Lipinski definition) is 2. The highest BCUT2D eigenvalue weighted by molar-refractivity contribution is 5.76. The third-order valence-electron chi connectivity index (χ3n) is 2.69. The van der Waals surface area contributed by atoms with E-state index in [1.165, 1.54) is 5.56 Å². The highest BCUT2D eigenvalue weighted by atomic mass is 16.3. The third kappa shape index (κ3) is 5.38. The van der Waals surface area contributed by atoms with Crippen LogP contribution in [0.4, 0.5) is 0 Å². The van der Waals surface area contributed by atoms with Gasteiger partial charge >= 0.3 is 0 Å². The average Bonchev–Trinajstić information content (AvgIpc) is 2.28. The van der Waals surface area contributed by atoms with Crippen LogP contribution in [0.3, 0.4) is 0 Å². The minimum absolute atomic E-state index is 0.130. The fraction of sp³-hybridized carbons (Fsp3) is 0.500. The Bertz CT molecular complexity index is 346. The Morgan fingerprint density at radius 1 is 1.35 bits per heavy atom. The van der Waals surface area contributed by atoms with Gasteiger partial charge in [-0.25, -0.2) is 0 Å². The van der Waals surface area contributed by atoms with Crippen LogP contribution in [0.2, 0.25) is 0 Å². The van der Waals surface area contributed by atoms with Crippen molar-refractivity contribution in [2.45, 2.75) is 45.6 Å². The molecule has 0 saturated carbocycles. The fourth-order valence-electron chi connectivity index (χ4n) is 1.69. The molecule has 0 heterocycles. The van der Waals surface area contributed by atoms with E-state index in [4.69, 9.17) is 5.11 Å². The van der Waals surface area contributed by atoms with Crippen LogP contribution in [0.25, 0.3) is 0 Å². The predicted octanol–water partition coefficient (Wildman–Crippen LogP) is 2.63. The van der Waals surface area contributed by atoms with Crippen molar-refractivity contribution >= 4 is 5.91 Å². The lowest BCUT2D eigenvalue weighted by molar-refractivity contribution is -0.121. The maximum atomic E-state index is 11.4. The van der Waals surface area contributed by atoms with Gasteiger partial charge in [0.05, 0.1) is 0 Å². The van der Waals surface area contributed by atoms with Crippen LogP contribution in [0.1, 0.15) is 38.7 Å². The maximum absolute atomic E-state index is 11.4. The van der Waals surface area contributed by atoms with Crippen molar-refractivity contribution in [3.8, 4) is 5.75 Å². The molecule has 17 heavy (non-hydrogen) atoms. The zero-order valence-corrected chi connectivity index (χ0v) is 10.6. The summed E-state index contributed by atoms with van der Waals surface area (Å²) in [6.07, 6.45) is 3.31. The van der Waals surface area contributed by atoms with Gasteiger partial charge in [0.1, 0.15) is 5.75 Å². The van der Waals surface area contributed by atoms with Gasteiger partial charge < -0.3 is 10.4 Å². The normalized spacial score (nSPS) is 12.1. The number of nitrogens with one attached hydrogen (secondary N) is 1. The minimum Gasteiger partial charge on any atom is -0.508 e. The van der Waals surface area contributed by atoms with Crippen LogP contribution in [-0.2, 0) is 11.2 Å². The van der Waals surface area contributed by atoms with Crippen molar-refractivity contribution in [2.75, 3.05) is 0 Å². The lowest BCUT2D eigenvalue weighted by Gasteiger charge is -2.13. The number of phenols is 1. The van der Waals surface area contributed by atoms with Crippen LogP contribution in [0, 0.1) is 0 Å². The number of carbonyl (C=O) groups excluding carboxylic acids is 1. The standard InChI is InChI=1S/C14H21NO2/c1-3-4-14(17)15-11(2)5-6-12-7-9-13(16)10-8-12/h7-11,16H,3-6H2,1-2H3,(H,15,17). The van der Waals surface area contributed by atoms with Crippen molar-refractivity contribution in [3.05, 3.63) is 29.8 Å². The first-order valence-electron chi connectivity index (χ1n) is 6.19. The molecule has 0 saturated heterocycles. The molecule has 1 aromatic carbocycles. The van der Waals surface area contributed by atoms with Crippen molar-refractivity contribution in [2.24, 2.45) is 0 Å². The molecule has 0 aliphatic heterocycles. The largest absolute Gasteiger partial charge is 0.508 e. The van der Waals surface area contributed by atoms with Crippen molar-refractivity contribution in [1.82, 2.24) is 5.32 Å². The topological polar surface area (TPSA) is 49.3 Å². The summed E-state index contributed by atoms with van der Waals surface area (Å²) in [4.78, 5) is 11.4. The molecule has 0 fully saturated rings. The van der Waals surface area contributed by atoms with Crippen LogP contribution >= 0.6 is 0 Å². The molecule has 0 aliphatic carbocycles. The fourth-order valence-corrected chi connectivity index (χ4v) is 1.69. The summed E-state index contributed by atoms with van der Waals surface area (Å²) >= 11 is 0. The highest BCUT2D eigenvalue weighted by Gasteiger charge is 2.06. The molecule has 0 bridgehead atoms. The number of carbonyl (C=O) groups is 1. The summed E-state index contributed by atoms with van der Waals surface area (Å²) in [5.41, 5.74) is 1.18. The Hall–Kier alpha value is -1.51. The van der Waals surface area contributed by atoms with Gasteiger partial charge in [0.25, 0.3) is 0 Å². The van der Waals surface area contributed by atoms with Gasteiger partial charge in [0.15, 0.2) is 0 Å². The molecular weight excluding hydrogens is 214 g/mol. The zero-order valence-electron chi connectivity index (χ0n) is 10.6. The van der Waals surface area contributed by atoms with E-state index in [1.807, 2.05) is 26.0 Å². The second kappa shape index (κ2) is 6.94. The third-order valence-corrected chi connectivity index (χ3v) is 2.69. The molecule has 94 valence electrons. The quantitative estimate of drug-likeness (QED) is 0.796. The molecular formula is C14H21NO2. The highest BCUT2D eigenvalue weighted by Crippen LogP contribution is 2.11. The Morgan fingerprint density at radius 3 is 2.59 bits per heavy atom. The number of hydrogen-bond donors (Lipinski definition) is 2. The van der Waals surface area contributed by atoms with E-state index < -0.39 is 0 Å². The van der Waals surface area contributed by atoms with Gasteiger partial charge in [0, 0.05) is 12.5 Å². The van der Waals surface area contributed by atoms with E-state index in [9.17, 15) is 4.79 Å². The van der Waals surface area contributed by atoms with Crippen molar-refractivity contribution < 1.29 is 9.90 Å². The van der Waals surface area contributed by atoms with Crippen LogP contribution in [-0.4, -0.2) is 17.1 Å². The lowest BCUT2D eigenvalue weighted by Crippen LogP contribution is -2.32. The zero-order chi connectivity index (χ0) is 12.7. The first-order valence-corrected chi connectivity index (χ1v) is 6.19. The summed E-state index contributed by atoms with van der Waals surface area (Å²) in [5.74, 6) is 0.420. The van der Waals surface area contributed by atoms with E-state index in [0.717, 1.165) is 19.3 Å². The summed E-state index contributed by atoms with van der Waals surface area (Å²) < 4.78 is 0. The van der Waals surface area contributed by atoms with Crippen molar-refractivity contribution in [3.63, 3.8) is 0 Å². The molecule has 0 aliphatic rings. The molecule has 0 radical (unpaired) electrons. The number of rotatable bonds is 6. The molecule has 3 heteroatoms. The number of aromatic hydroxyl groups is 1. The summed E-state index contributed by atoms with van der Waals surface area (Å²) in [6.45, 7) is 4.02. The van der Waals surface area contributed by atoms with Gasteiger partial charge in [-0.3, -0.25) is 4.79 Å². The van der Waals surface area contributed by atoms with Crippen LogP contribution in [0.5, 0.6) is 5.75 Å². The summed E-state index contributed by atoms with van der Waals surface area (Å²) in [5, 5.41) is 12.1. The number of amides is 1. The second-order valence-corrected chi connectivity index (χ2v) is 4.42. The van der Waals surface area contributed by atoms with Gasteiger partial charge in [-0.2, -0.15) is 0 Å². The monoisotopic (exact) mass is 235 g/mol. The molecule has 3 nitrogen and oxygen atoms in total. The molecule has 1 atom stereocenters. The second-order valence-electron chi connectivity index (χ2n) is 4.42. The Balaban J connectivity index is 2.30. The number of phenolic OH excluding ortho intramolecular Hbond substituents is 1. The molecule has 1 rings (SSSR count).